The minimum atomic E-state index is -1.24. The SMILES string of the molecule is CC(C)(C)OC(=O)[C@H](CCC(N)=O)N1C(=O)c2cccc(CN)c2C1=O. The van der Waals surface area contributed by atoms with Crippen LogP contribution in [0, 0.1) is 0 Å². The molecule has 1 heterocycles. The van der Waals surface area contributed by atoms with Gasteiger partial charge in [-0.25, -0.2) is 4.79 Å². The Morgan fingerprint density at radius 1 is 1.19 bits per heavy atom. The normalized spacial score (nSPS) is 15.0. The van der Waals surface area contributed by atoms with Crippen LogP contribution in [0.25, 0.3) is 0 Å². The van der Waals surface area contributed by atoms with Gasteiger partial charge in [0, 0.05) is 13.0 Å². The molecule has 3 amide bonds. The molecule has 0 saturated heterocycles. The van der Waals surface area contributed by atoms with Crippen LogP contribution in [0.1, 0.15) is 59.9 Å². The minimum absolute atomic E-state index is 0.0778. The molecular weight excluding hydrogens is 338 g/mol. The van der Waals surface area contributed by atoms with E-state index < -0.39 is 35.3 Å². The molecule has 0 fully saturated rings. The van der Waals surface area contributed by atoms with Crippen LogP contribution in [0.15, 0.2) is 18.2 Å². The van der Waals surface area contributed by atoms with E-state index in [-0.39, 0.29) is 30.5 Å². The van der Waals surface area contributed by atoms with Crippen molar-refractivity contribution in [2.24, 2.45) is 11.5 Å². The molecule has 1 aromatic rings. The van der Waals surface area contributed by atoms with Crippen molar-refractivity contribution in [1.29, 1.82) is 0 Å². The third-order valence-electron chi connectivity index (χ3n) is 3.91. The zero-order chi connectivity index (χ0) is 19.6. The van der Waals surface area contributed by atoms with Gasteiger partial charge in [-0.3, -0.25) is 19.3 Å². The highest BCUT2D eigenvalue weighted by molar-refractivity contribution is 6.23. The molecule has 0 saturated carbocycles. The molecule has 2 rings (SSSR count). The van der Waals surface area contributed by atoms with Gasteiger partial charge in [-0.2, -0.15) is 0 Å². The fourth-order valence-corrected chi connectivity index (χ4v) is 2.83. The molecule has 0 aliphatic carbocycles. The Morgan fingerprint density at radius 3 is 2.38 bits per heavy atom. The Kier molecular flexibility index (Phi) is 5.46. The number of hydrogen-bond donors (Lipinski definition) is 2. The number of carbonyl (C=O) groups is 4. The largest absolute Gasteiger partial charge is 0.458 e. The number of hydrogen-bond acceptors (Lipinski definition) is 6. The zero-order valence-electron chi connectivity index (χ0n) is 15.1. The second-order valence-electron chi connectivity index (χ2n) is 7.08. The first-order valence-corrected chi connectivity index (χ1v) is 8.28. The second kappa shape index (κ2) is 7.25. The van der Waals surface area contributed by atoms with Crippen molar-refractivity contribution in [3.63, 3.8) is 0 Å². The maximum Gasteiger partial charge on any atom is 0.329 e. The van der Waals surface area contributed by atoms with E-state index in [9.17, 15) is 19.2 Å². The van der Waals surface area contributed by atoms with Crippen LogP contribution in [-0.4, -0.2) is 40.2 Å². The Morgan fingerprint density at radius 2 is 1.85 bits per heavy atom. The minimum Gasteiger partial charge on any atom is -0.458 e. The number of imide groups is 1. The lowest BCUT2D eigenvalue weighted by molar-refractivity contribution is -0.160. The molecule has 0 bridgehead atoms. The predicted octanol–water partition coefficient (Wildman–Crippen LogP) is 0.717. The highest BCUT2D eigenvalue weighted by Crippen LogP contribution is 2.29. The highest BCUT2D eigenvalue weighted by Gasteiger charge is 2.45. The van der Waals surface area contributed by atoms with Gasteiger partial charge in [0.05, 0.1) is 11.1 Å². The number of nitrogens with zero attached hydrogens (tertiary/aromatic N) is 1. The van der Waals surface area contributed by atoms with Gasteiger partial charge >= 0.3 is 5.97 Å². The number of esters is 1. The molecule has 8 nitrogen and oxygen atoms in total. The average molecular weight is 361 g/mol. The van der Waals surface area contributed by atoms with Crippen LogP contribution >= 0.6 is 0 Å². The lowest BCUT2D eigenvalue weighted by atomic mass is 10.0. The van der Waals surface area contributed by atoms with Gasteiger partial charge in [0.15, 0.2) is 0 Å². The van der Waals surface area contributed by atoms with Crippen molar-refractivity contribution in [1.82, 2.24) is 4.90 Å². The maximum atomic E-state index is 12.9. The van der Waals surface area contributed by atoms with Crippen molar-refractivity contribution in [3.05, 3.63) is 34.9 Å². The average Bonchev–Trinajstić information content (AvgIpc) is 2.78. The van der Waals surface area contributed by atoms with Crippen molar-refractivity contribution in [2.75, 3.05) is 0 Å². The Labute approximate surface area is 151 Å². The molecule has 140 valence electrons. The van der Waals surface area contributed by atoms with E-state index in [1.54, 1.807) is 32.9 Å². The Bertz CT molecular complexity index is 767. The smallest absolute Gasteiger partial charge is 0.329 e. The summed E-state index contributed by atoms with van der Waals surface area (Å²) in [5, 5.41) is 0. The summed E-state index contributed by atoms with van der Waals surface area (Å²) in [5.74, 6) is -2.63. The van der Waals surface area contributed by atoms with Gasteiger partial charge in [-0.15, -0.1) is 0 Å². The molecule has 0 radical (unpaired) electrons. The van der Waals surface area contributed by atoms with E-state index >= 15 is 0 Å². The molecule has 0 unspecified atom stereocenters. The van der Waals surface area contributed by atoms with E-state index in [2.05, 4.69) is 0 Å². The molecule has 1 aliphatic heterocycles. The Hall–Kier alpha value is -2.74. The number of rotatable bonds is 6. The van der Waals surface area contributed by atoms with E-state index in [1.807, 2.05) is 0 Å². The number of primary amides is 1. The quantitative estimate of drug-likeness (QED) is 0.566. The van der Waals surface area contributed by atoms with Crippen LogP contribution in [0.3, 0.4) is 0 Å². The molecule has 1 atom stereocenters. The third kappa shape index (κ3) is 3.91. The van der Waals surface area contributed by atoms with E-state index in [1.165, 1.54) is 6.07 Å². The molecule has 0 aromatic heterocycles. The van der Waals surface area contributed by atoms with Crippen LogP contribution in [-0.2, 0) is 20.9 Å². The van der Waals surface area contributed by atoms with Crippen molar-refractivity contribution < 1.29 is 23.9 Å². The zero-order valence-corrected chi connectivity index (χ0v) is 15.1. The van der Waals surface area contributed by atoms with Crippen LogP contribution in [0.2, 0.25) is 0 Å². The van der Waals surface area contributed by atoms with E-state index in [0.717, 1.165) is 4.90 Å². The van der Waals surface area contributed by atoms with Gasteiger partial charge in [0.2, 0.25) is 5.91 Å². The lowest BCUT2D eigenvalue weighted by Crippen LogP contribution is -2.47. The number of fused-ring (bicyclic) bond motifs is 1. The molecule has 4 N–H and O–H groups in total. The van der Waals surface area contributed by atoms with Crippen molar-refractivity contribution >= 4 is 23.7 Å². The molecule has 0 spiro atoms. The van der Waals surface area contributed by atoms with Crippen LogP contribution in [0.4, 0.5) is 0 Å². The third-order valence-corrected chi connectivity index (χ3v) is 3.91. The number of amides is 3. The van der Waals surface area contributed by atoms with Gasteiger partial charge in [-0.05, 0) is 38.8 Å². The summed E-state index contributed by atoms with van der Waals surface area (Å²) in [6.45, 7) is 5.09. The summed E-state index contributed by atoms with van der Waals surface area (Å²) >= 11 is 0. The first kappa shape index (κ1) is 19.6. The van der Waals surface area contributed by atoms with Gasteiger partial charge < -0.3 is 16.2 Å². The van der Waals surface area contributed by atoms with E-state index in [0.29, 0.717) is 5.56 Å². The van der Waals surface area contributed by atoms with Gasteiger partial charge in [0.25, 0.3) is 11.8 Å². The molecule has 1 aromatic carbocycles. The molecular formula is C18H23N3O5. The predicted molar refractivity (Wildman–Crippen MR) is 92.9 cm³/mol. The summed E-state index contributed by atoms with van der Waals surface area (Å²) < 4.78 is 5.33. The highest BCUT2D eigenvalue weighted by atomic mass is 16.6. The maximum absolute atomic E-state index is 12.9. The summed E-state index contributed by atoms with van der Waals surface area (Å²) in [6.07, 6.45) is -0.269. The summed E-state index contributed by atoms with van der Waals surface area (Å²) in [5.41, 5.74) is 10.9. The lowest BCUT2D eigenvalue weighted by Gasteiger charge is -2.28. The van der Waals surface area contributed by atoms with Crippen LogP contribution in [0.5, 0.6) is 0 Å². The molecule has 26 heavy (non-hydrogen) atoms. The summed E-state index contributed by atoms with van der Waals surface area (Å²) in [4.78, 5) is 50.3. The standard InChI is InChI=1S/C18H23N3O5/c1-18(2,3)26-17(25)12(7-8-13(20)22)21-15(23)11-6-4-5-10(9-19)14(11)16(21)24/h4-6,12H,7-9,19H2,1-3H3,(H2,20,22)/t12-/m0/s1. The molecule has 1 aliphatic rings. The van der Waals surface area contributed by atoms with Crippen molar-refractivity contribution in [2.45, 2.75) is 51.8 Å². The van der Waals surface area contributed by atoms with Gasteiger partial charge in [0.1, 0.15) is 11.6 Å². The summed E-state index contributed by atoms with van der Waals surface area (Å²) in [7, 11) is 0. The van der Waals surface area contributed by atoms with E-state index in [4.69, 9.17) is 16.2 Å². The van der Waals surface area contributed by atoms with Crippen LogP contribution < -0.4 is 11.5 Å². The Balaban J connectivity index is 2.42. The number of benzene rings is 1. The number of carbonyl (C=O) groups excluding carboxylic acids is 4. The number of ether oxygens (including phenoxy) is 1. The second-order valence-corrected chi connectivity index (χ2v) is 7.08. The first-order chi connectivity index (χ1) is 12.1. The first-order valence-electron chi connectivity index (χ1n) is 8.28. The fraction of sp³-hybridized carbons (Fsp3) is 0.444. The van der Waals surface area contributed by atoms with Crippen molar-refractivity contribution in [3.8, 4) is 0 Å². The number of nitrogens with two attached hydrogens (primary N) is 2. The monoisotopic (exact) mass is 361 g/mol. The van der Waals surface area contributed by atoms with Gasteiger partial charge in [-0.1, -0.05) is 12.1 Å². The fourth-order valence-electron chi connectivity index (χ4n) is 2.83. The molecule has 8 heteroatoms. The summed E-state index contributed by atoms with van der Waals surface area (Å²) in [6, 6.07) is 3.55. The topological polar surface area (TPSA) is 133 Å².